The molecule has 17 nitrogen and oxygen atoms in total. The summed E-state index contributed by atoms with van der Waals surface area (Å²) in [6, 6.07) is 18.8. The molecule has 56 heavy (non-hydrogen) atoms. The summed E-state index contributed by atoms with van der Waals surface area (Å²) in [5, 5.41) is 25.2. The molecule has 6 aromatic rings. The van der Waals surface area contributed by atoms with Gasteiger partial charge in [0.25, 0.3) is 40.3 Å². The van der Waals surface area contributed by atoms with Crippen molar-refractivity contribution in [1.29, 1.82) is 0 Å². The van der Waals surface area contributed by atoms with Crippen LogP contribution in [0.2, 0.25) is 0 Å². The van der Waals surface area contributed by atoms with Gasteiger partial charge in [-0.3, -0.25) is 18.5 Å². The summed E-state index contributed by atoms with van der Waals surface area (Å²) in [5.41, 5.74) is 0.900. The van der Waals surface area contributed by atoms with Crippen molar-refractivity contribution in [3.63, 3.8) is 0 Å². The van der Waals surface area contributed by atoms with Gasteiger partial charge in [0, 0.05) is 32.9 Å². The first-order valence-electron chi connectivity index (χ1n) is 15.9. The smallest absolute Gasteiger partial charge is 0.323 e. The van der Waals surface area contributed by atoms with E-state index in [-0.39, 0.29) is 54.1 Å². The summed E-state index contributed by atoms with van der Waals surface area (Å²) < 4.78 is 125. The number of fused-ring (bicyclic) bond motifs is 2. The maximum atomic E-state index is 13.4. The molecule has 0 aromatic heterocycles. The van der Waals surface area contributed by atoms with Crippen LogP contribution < -0.4 is 20.1 Å². The van der Waals surface area contributed by atoms with Crippen molar-refractivity contribution in [2.75, 3.05) is 20.1 Å². The number of benzene rings is 6. The summed E-state index contributed by atoms with van der Waals surface area (Å²) in [4.78, 5) is 11.3. The molecule has 21 heteroatoms. The molecule has 0 bridgehead atoms. The molecule has 0 saturated heterocycles. The van der Waals surface area contributed by atoms with Gasteiger partial charge in [-0.25, -0.2) is 21.6 Å². The molecule has 0 unspecified atom stereocenters. The van der Waals surface area contributed by atoms with Crippen LogP contribution in [0.15, 0.2) is 117 Å². The van der Waals surface area contributed by atoms with E-state index in [0.717, 1.165) is 24.3 Å². The molecule has 0 fully saturated rings. The lowest BCUT2D eigenvalue weighted by Gasteiger charge is -2.16. The SMILES string of the molecule is Cc1cc(S(=O)(=O)Nc2ccc(S(=O)(=O)O)c3c(O)cccc23)ccc1NC(=O)Nc1ccc(S(=O)(=O)Nc2ccc(S(=O)(=O)O)c3c(O)cccc23)cc1C. The average Bonchev–Trinajstić information content (AvgIpc) is 3.09. The Morgan fingerprint density at radius 1 is 0.500 bits per heavy atom. The fraction of sp³-hybridized carbons (Fsp3) is 0.0571. The third kappa shape index (κ3) is 7.89. The number of carbonyl (C=O) groups excluding carboxylic acids is 1. The second kappa shape index (κ2) is 14.3. The number of phenols is 2. The van der Waals surface area contributed by atoms with E-state index in [2.05, 4.69) is 20.1 Å². The average molecular weight is 843 g/mol. The number of urea groups is 1. The van der Waals surface area contributed by atoms with Crippen LogP contribution in [0.3, 0.4) is 0 Å². The number of nitrogens with one attached hydrogen (secondary N) is 4. The molecule has 0 aliphatic carbocycles. The lowest BCUT2D eigenvalue weighted by Crippen LogP contribution is -2.21. The van der Waals surface area contributed by atoms with Crippen LogP contribution >= 0.6 is 0 Å². The molecule has 6 rings (SSSR count). The quantitative estimate of drug-likeness (QED) is 0.0763. The zero-order chi connectivity index (χ0) is 41.0. The lowest BCUT2D eigenvalue weighted by molar-refractivity contribution is 0.262. The Labute approximate surface area is 320 Å². The van der Waals surface area contributed by atoms with Crippen LogP contribution in [0.4, 0.5) is 27.5 Å². The highest BCUT2D eigenvalue weighted by molar-refractivity contribution is 7.93. The summed E-state index contributed by atoms with van der Waals surface area (Å²) in [5.74, 6) is -1.01. The number of hydrogen-bond acceptors (Lipinski definition) is 11. The second-order valence-electron chi connectivity index (χ2n) is 12.3. The third-order valence-corrected chi connectivity index (χ3v) is 13.0. The first-order chi connectivity index (χ1) is 26.1. The van der Waals surface area contributed by atoms with Crippen LogP contribution in [-0.2, 0) is 40.3 Å². The van der Waals surface area contributed by atoms with E-state index in [1.54, 1.807) is 0 Å². The Morgan fingerprint density at radius 2 is 0.857 bits per heavy atom. The number of anilines is 4. The number of carbonyl (C=O) groups is 1. The van der Waals surface area contributed by atoms with Crippen LogP contribution in [0.25, 0.3) is 21.5 Å². The highest BCUT2D eigenvalue weighted by atomic mass is 32.2. The monoisotopic (exact) mass is 842 g/mol. The molecule has 0 aliphatic rings. The van der Waals surface area contributed by atoms with Gasteiger partial charge in [0.05, 0.1) is 21.2 Å². The number of rotatable bonds is 10. The maximum Gasteiger partial charge on any atom is 0.323 e. The highest BCUT2D eigenvalue weighted by Gasteiger charge is 2.24. The lowest BCUT2D eigenvalue weighted by atomic mass is 10.1. The molecule has 6 aromatic carbocycles. The van der Waals surface area contributed by atoms with Crippen molar-refractivity contribution in [1.82, 2.24) is 0 Å². The second-order valence-corrected chi connectivity index (χ2v) is 18.5. The van der Waals surface area contributed by atoms with E-state index in [4.69, 9.17) is 0 Å². The van der Waals surface area contributed by atoms with E-state index >= 15 is 0 Å². The van der Waals surface area contributed by atoms with Crippen molar-refractivity contribution in [3.05, 3.63) is 108 Å². The molecule has 0 saturated carbocycles. The summed E-state index contributed by atoms with van der Waals surface area (Å²) in [7, 11) is -18.2. The van der Waals surface area contributed by atoms with Crippen molar-refractivity contribution in [3.8, 4) is 11.5 Å². The number of hydrogen-bond donors (Lipinski definition) is 8. The van der Waals surface area contributed by atoms with Gasteiger partial charge >= 0.3 is 6.03 Å². The Kier molecular flexibility index (Phi) is 10.1. The van der Waals surface area contributed by atoms with Crippen molar-refractivity contribution in [2.45, 2.75) is 33.4 Å². The normalized spacial score (nSPS) is 12.4. The van der Waals surface area contributed by atoms with E-state index in [1.807, 2.05) is 0 Å². The first kappa shape index (κ1) is 39.7. The van der Waals surface area contributed by atoms with Gasteiger partial charge in [-0.1, -0.05) is 24.3 Å². The number of aryl methyl sites for hydroxylation is 2. The third-order valence-electron chi connectivity index (χ3n) is 8.52. The number of amides is 2. The zero-order valence-corrected chi connectivity index (χ0v) is 32.1. The van der Waals surface area contributed by atoms with Gasteiger partial charge < -0.3 is 20.8 Å². The molecule has 0 radical (unpaired) electrons. The Balaban J connectivity index is 1.17. The molecule has 8 N–H and O–H groups in total. The molecular formula is C35H30N4O13S4. The predicted molar refractivity (Wildman–Crippen MR) is 207 cm³/mol. The molecule has 0 atom stereocenters. The van der Waals surface area contributed by atoms with Crippen LogP contribution in [0, 0.1) is 13.8 Å². The van der Waals surface area contributed by atoms with Gasteiger partial charge in [0.15, 0.2) is 0 Å². The Bertz CT molecular complexity index is 2880. The minimum Gasteiger partial charge on any atom is -0.507 e. The number of phenolic OH excluding ortho intramolecular Hbond substituents is 2. The van der Waals surface area contributed by atoms with Gasteiger partial charge in [0.2, 0.25) is 0 Å². The van der Waals surface area contributed by atoms with Gasteiger partial charge in [-0.15, -0.1) is 0 Å². The standard InChI is InChI=1S/C35H30N4O13S4/c1-19-17-21(53(43,44)38-27-13-15-31(55(47,48)49)33-23(27)5-3-7-29(33)40)9-11-25(19)36-35(42)37-26-12-10-22(18-20(26)2)54(45,46)39-28-14-16-32(56(50,51)52)34-24(28)6-4-8-30(34)41/h3-18,38-41H,1-2H3,(H2,36,37,42)(H,47,48,49)(H,50,51,52). The maximum absolute atomic E-state index is 13.4. The zero-order valence-electron chi connectivity index (χ0n) is 28.8. The predicted octanol–water partition coefficient (Wildman–Crippen LogP) is 5.76. The van der Waals surface area contributed by atoms with Gasteiger partial charge in [0.1, 0.15) is 21.3 Å². The number of aromatic hydroxyl groups is 2. The molecule has 0 aliphatic heterocycles. The fourth-order valence-corrected chi connectivity index (χ4v) is 9.64. The topological polar surface area (TPSA) is 283 Å². The van der Waals surface area contributed by atoms with E-state index in [9.17, 15) is 57.8 Å². The van der Waals surface area contributed by atoms with Crippen molar-refractivity contribution >= 4 is 90.6 Å². The molecule has 0 heterocycles. The van der Waals surface area contributed by atoms with E-state index in [0.29, 0.717) is 11.1 Å². The summed E-state index contributed by atoms with van der Waals surface area (Å²) in [6.07, 6.45) is 0. The van der Waals surface area contributed by atoms with Crippen LogP contribution in [0.5, 0.6) is 11.5 Å². The van der Waals surface area contributed by atoms with E-state index in [1.165, 1.54) is 86.6 Å². The Hall–Kier alpha value is -5.97. The van der Waals surface area contributed by atoms with Gasteiger partial charge in [-0.2, -0.15) is 16.8 Å². The fourth-order valence-electron chi connectivity index (χ4n) is 5.89. The van der Waals surface area contributed by atoms with Crippen molar-refractivity contribution in [2.24, 2.45) is 0 Å². The largest absolute Gasteiger partial charge is 0.507 e. The molecular weight excluding hydrogens is 813 g/mol. The number of sulfonamides is 2. The summed E-state index contributed by atoms with van der Waals surface area (Å²) in [6.45, 7) is 3.06. The van der Waals surface area contributed by atoms with Crippen molar-refractivity contribution < 1.29 is 57.8 Å². The molecule has 0 spiro atoms. The minimum absolute atomic E-state index is 0.00426. The molecule has 2 amide bonds. The Morgan fingerprint density at radius 3 is 1.20 bits per heavy atom. The summed E-state index contributed by atoms with van der Waals surface area (Å²) >= 11 is 0. The van der Waals surface area contributed by atoms with E-state index < -0.39 is 67.6 Å². The van der Waals surface area contributed by atoms with Crippen LogP contribution in [-0.4, -0.2) is 59.0 Å². The minimum atomic E-state index is -4.77. The van der Waals surface area contributed by atoms with Gasteiger partial charge in [-0.05, 0) is 97.8 Å². The highest BCUT2D eigenvalue weighted by Crippen LogP contribution is 2.38. The van der Waals surface area contributed by atoms with Crippen LogP contribution in [0.1, 0.15) is 11.1 Å². The molecule has 292 valence electrons. The first-order valence-corrected chi connectivity index (χ1v) is 21.7.